The van der Waals surface area contributed by atoms with E-state index in [0.717, 1.165) is 10.4 Å². The van der Waals surface area contributed by atoms with Crippen LogP contribution in [0.5, 0.6) is 11.5 Å². The number of nitrogens with one attached hydrogen (secondary N) is 1. The first-order chi connectivity index (χ1) is 13.1. The number of halogens is 1. The van der Waals surface area contributed by atoms with Crippen molar-refractivity contribution < 1.29 is 14.3 Å². The Balaban J connectivity index is 1.69. The fourth-order valence-corrected chi connectivity index (χ4v) is 3.61. The number of carbonyl (C=O) groups excluding carboxylic acids is 1. The van der Waals surface area contributed by atoms with Gasteiger partial charge >= 0.3 is 0 Å². The molecule has 0 unspecified atom stereocenters. The van der Waals surface area contributed by atoms with E-state index in [-0.39, 0.29) is 5.91 Å². The third kappa shape index (κ3) is 4.99. The lowest BCUT2D eigenvalue weighted by molar-refractivity contribution is 0.102. The quantitative estimate of drug-likeness (QED) is 0.601. The van der Waals surface area contributed by atoms with Crippen molar-refractivity contribution in [1.82, 2.24) is 4.98 Å². The van der Waals surface area contributed by atoms with E-state index >= 15 is 0 Å². The van der Waals surface area contributed by atoms with E-state index in [9.17, 15) is 4.79 Å². The van der Waals surface area contributed by atoms with Crippen molar-refractivity contribution in [3.63, 3.8) is 0 Å². The Morgan fingerprint density at radius 3 is 2.81 bits per heavy atom. The molecule has 1 aromatic heterocycles. The van der Waals surface area contributed by atoms with Gasteiger partial charge in [0, 0.05) is 28.1 Å². The molecule has 0 aliphatic carbocycles. The van der Waals surface area contributed by atoms with Gasteiger partial charge in [-0.2, -0.15) is 0 Å². The van der Waals surface area contributed by atoms with Crippen LogP contribution < -0.4 is 14.8 Å². The van der Waals surface area contributed by atoms with Crippen molar-refractivity contribution in [2.24, 2.45) is 0 Å². The van der Waals surface area contributed by atoms with Gasteiger partial charge in [0.2, 0.25) is 0 Å². The van der Waals surface area contributed by atoms with E-state index in [4.69, 9.17) is 21.1 Å². The number of thiazole rings is 1. The molecule has 140 valence electrons. The fraction of sp³-hybridized carbons (Fsp3) is 0.200. The molecule has 0 saturated carbocycles. The van der Waals surface area contributed by atoms with Crippen LogP contribution in [0, 0.1) is 0 Å². The van der Waals surface area contributed by atoms with Crippen molar-refractivity contribution in [3.05, 3.63) is 69.7 Å². The van der Waals surface area contributed by atoms with Gasteiger partial charge in [-0.25, -0.2) is 4.98 Å². The molecule has 0 saturated heterocycles. The van der Waals surface area contributed by atoms with E-state index < -0.39 is 0 Å². The number of carbonyl (C=O) groups is 1. The molecule has 0 fully saturated rings. The molecule has 7 heteroatoms. The molecule has 1 N–H and O–H groups in total. The van der Waals surface area contributed by atoms with Crippen molar-refractivity contribution in [3.8, 4) is 11.5 Å². The molecular formula is C20H19ClN2O3S. The Kier molecular flexibility index (Phi) is 6.32. The minimum absolute atomic E-state index is 0.248. The van der Waals surface area contributed by atoms with Crippen LogP contribution in [0.25, 0.3) is 0 Å². The Morgan fingerprint density at radius 1 is 1.22 bits per heavy atom. The molecule has 1 amide bonds. The summed E-state index contributed by atoms with van der Waals surface area (Å²) in [5, 5.41) is 4.08. The number of ether oxygens (including phenoxy) is 2. The van der Waals surface area contributed by atoms with Crippen LogP contribution in [0.2, 0.25) is 5.02 Å². The van der Waals surface area contributed by atoms with Gasteiger partial charge in [-0.05, 0) is 42.8 Å². The molecule has 0 aliphatic heterocycles. The van der Waals surface area contributed by atoms with E-state index in [1.165, 1.54) is 11.3 Å². The van der Waals surface area contributed by atoms with Gasteiger partial charge in [-0.1, -0.05) is 23.7 Å². The number of benzene rings is 2. The van der Waals surface area contributed by atoms with Gasteiger partial charge in [0.15, 0.2) is 16.6 Å². The standard InChI is InChI=1S/C20H19ClN2O3S/c1-3-26-18-11-14(7-8-17(18)25-2)19(24)23-20-22-12-16(27-20)10-13-5-4-6-15(21)9-13/h4-9,11-12H,3,10H2,1-2H3,(H,22,23,24). The topological polar surface area (TPSA) is 60.5 Å². The lowest BCUT2D eigenvalue weighted by Crippen LogP contribution is -2.12. The highest BCUT2D eigenvalue weighted by Gasteiger charge is 2.13. The second-order valence-electron chi connectivity index (χ2n) is 5.69. The molecule has 0 atom stereocenters. The molecule has 3 aromatic rings. The highest BCUT2D eigenvalue weighted by Crippen LogP contribution is 2.29. The van der Waals surface area contributed by atoms with Crippen LogP contribution in [0.4, 0.5) is 5.13 Å². The summed E-state index contributed by atoms with van der Waals surface area (Å²) in [4.78, 5) is 17.9. The molecule has 0 bridgehead atoms. The van der Waals surface area contributed by atoms with Crippen LogP contribution in [-0.4, -0.2) is 24.6 Å². The summed E-state index contributed by atoms with van der Waals surface area (Å²) in [6, 6.07) is 12.8. The molecule has 2 aromatic carbocycles. The number of hydrogen-bond donors (Lipinski definition) is 1. The van der Waals surface area contributed by atoms with Crippen LogP contribution in [-0.2, 0) is 6.42 Å². The van der Waals surface area contributed by atoms with Gasteiger partial charge in [0.05, 0.1) is 13.7 Å². The number of nitrogens with zero attached hydrogens (tertiary/aromatic N) is 1. The highest BCUT2D eigenvalue weighted by molar-refractivity contribution is 7.15. The summed E-state index contributed by atoms with van der Waals surface area (Å²) in [5.74, 6) is 0.877. The van der Waals surface area contributed by atoms with Crippen LogP contribution >= 0.6 is 22.9 Å². The SMILES string of the molecule is CCOc1cc(C(=O)Nc2ncc(Cc3cccc(Cl)c3)s2)ccc1OC. The third-order valence-electron chi connectivity index (χ3n) is 3.77. The Labute approximate surface area is 166 Å². The molecular weight excluding hydrogens is 384 g/mol. The maximum atomic E-state index is 12.5. The second kappa shape index (κ2) is 8.88. The first kappa shape index (κ1) is 19.2. The monoisotopic (exact) mass is 402 g/mol. The van der Waals surface area contributed by atoms with Gasteiger partial charge in [0.1, 0.15) is 0 Å². The molecule has 3 rings (SSSR count). The first-order valence-corrected chi connectivity index (χ1v) is 9.60. The maximum Gasteiger partial charge on any atom is 0.257 e. The fourth-order valence-electron chi connectivity index (χ4n) is 2.55. The van der Waals surface area contributed by atoms with Gasteiger partial charge in [0.25, 0.3) is 5.91 Å². The summed E-state index contributed by atoms with van der Waals surface area (Å²) in [5.41, 5.74) is 1.58. The largest absolute Gasteiger partial charge is 0.493 e. The van der Waals surface area contributed by atoms with Crippen LogP contribution in [0.1, 0.15) is 27.7 Å². The minimum atomic E-state index is -0.248. The molecule has 1 heterocycles. The summed E-state index contributed by atoms with van der Waals surface area (Å²) in [6.45, 7) is 2.37. The normalized spacial score (nSPS) is 10.5. The van der Waals surface area contributed by atoms with Crippen molar-refractivity contribution in [2.45, 2.75) is 13.3 Å². The molecule has 0 radical (unpaired) electrons. The molecule has 0 spiro atoms. The highest BCUT2D eigenvalue weighted by atomic mass is 35.5. The zero-order valence-electron chi connectivity index (χ0n) is 15.0. The summed E-state index contributed by atoms with van der Waals surface area (Å²) in [7, 11) is 1.56. The van der Waals surface area contributed by atoms with E-state index in [2.05, 4.69) is 10.3 Å². The van der Waals surface area contributed by atoms with Crippen LogP contribution in [0.15, 0.2) is 48.7 Å². The number of rotatable bonds is 7. The zero-order valence-corrected chi connectivity index (χ0v) is 16.6. The number of amides is 1. The second-order valence-corrected chi connectivity index (χ2v) is 7.24. The van der Waals surface area contributed by atoms with E-state index in [0.29, 0.717) is 40.2 Å². The van der Waals surface area contributed by atoms with Crippen LogP contribution in [0.3, 0.4) is 0 Å². The molecule has 27 heavy (non-hydrogen) atoms. The average Bonchev–Trinajstić information content (AvgIpc) is 3.08. The van der Waals surface area contributed by atoms with E-state index in [1.54, 1.807) is 31.5 Å². The number of hydrogen-bond acceptors (Lipinski definition) is 5. The summed E-state index contributed by atoms with van der Waals surface area (Å²) < 4.78 is 10.8. The number of aromatic nitrogens is 1. The number of anilines is 1. The first-order valence-electron chi connectivity index (χ1n) is 8.40. The predicted octanol–water partition coefficient (Wildman–Crippen LogP) is 5.05. The maximum absolute atomic E-state index is 12.5. The van der Waals surface area contributed by atoms with E-state index in [1.807, 2.05) is 31.2 Å². The predicted molar refractivity (Wildman–Crippen MR) is 108 cm³/mol. The summed E-state index contributed by atoms with van der Waals surface area (Å²) in [6.07, 6.45) is 2.48. The Hall–Kier alpha value is -2.57. The Bertz CT molecular complexity index is 942. The average molecular weight is 403 g/mol. The molecule has 0 aliphatic rings. The smallest absolute Gasteiger partial charge is 0.257 e. The van der Waals surface area contributed by atoms with Gasteiger partial charge in [-0.3, -0.25) is 10.1 Å². The molecule has 5 nitrogen and oxygen atoms in total. The van der Waals surface area contributed by atoms with Gasteiger partial charge < -0.3 is 9.47 Å². The Morgan fingerprint density at radius 2 is 2.07 bits per heavy atom. The zero-order chi connectivity index (χ0) is 19.2. The lowest BCUT2D eigenvalue weighted by Gasteiger charge is -2.10. The minimum Gasteiger partial charge on any atom is -0.493 e. The lowest BCUT2D eigenvalue weighted by atomic mass is 10.1. The van der Waals surface area contributed by atoms with Crippen molar-refractivity contribution >= 4 is 34.0 Å². The van der Waals surface area contributed by atoms with Crippen molar-refractivity contribution in [2.75, 3.05) is 19.0 Å². The summed E-state index contributed by atoms with van der Waals surface area (Å²) >= 11 is 7.46. The third-order valence-corrected chi connectivity index (χ3v) is 4.91. The van der Waals surface area contributed by atoms with Gasteiger partial charge in [-0.15, -0.1) is 11.3 Å². The van der Waals surface area contributed by atoms with Crippen molar-refractivity contribution in [1.29, 1.82) is 0 Å². The number of methoxy groups -OCH3 is 1.